The molecule has 0 radical (unpaired) electrons. The molecule has 0 bridgehead atoms. The maximum atomic E-state index is 4.24. The Balaban J connectivity index is 1.95. The molecule has 1 fully saturated rings. The predicted octanol–water partition coefficient (Wildman–Crippen LogP) is 4.16. The van der Waals surface area contributed by atoms with Crippen molar-refractivity contribution in [2.45, 2.75) is 58.9 Å². The summed E-state index contributed by atoms with van der Waals surface area (Å²) in [6.07, 6.45) is 10.4. The lowest BCUT2D eigenvalue weighted by Gasteiger charge is -2.22. The van der Waals surface area contributed by atoms with E-state index < -0.39 is 0 Å². The SMILES string of the molecule is Cc1cncc(NC2CCCC(C)(C)CC2)c1. The van der Waals surface area contributed by atoms with Gasteiger partial charge in [0.25, 0.3) is 0 Å². The topological polar surface area (TPSA) is 24.9 Å². The van der Waals surface area contributed by atoms with Gasteiger partial charge in [-0.1, -0.05) is 20.3 Å². The van der Waals surface area contributed by atoms with Crippen LogP contribution in [0.4, 0.5) is 5.69 Å². The molecular formula is C15H24N2. The van der Waals surface area contributed by atoms with Crippen molar-refractivity contribution in [2.75, 3.05) is 5.32 Å². The second-order valence-electron chi connectivity index (χ2n) is 6.19. The fourth-order valence-corrected chi connectivity index (χ4v) is 2.68. The molecule has 0 aromatic carbocycles. The van der Waals surface area contributed by atoms with Crippen LogP contribution >= 0.6 is 0 Å². The molecule has 1 saturated carbocycles. The maximum Gasteiger partial charge on any atom is 0.0531 e. The highest BCUT2D eigenvalue weighted by Gasteiger charge is 2.24. The minimum atomic E-state index is 0.529. The zero-order valence-electron chi connectivity index (χ0n) is 11.3. The average molecular weight is 232 g/mol. The summed E-state index contributed by atoms with van der Waals surface area (Å²) in [5.74, 6) is 0. The van der Waals surface area contributed by atoms with E-state index >= 15 is 0 Å². The number of rotatable bonds is 2. The number of aromatic nitrogens is 1. The van der Waals surface area contributed by atoms with E-state index in [9.17, 15) is 0 Å². The molecule has 0 amide bonds. The predicted molar refractivity (Wildman–Crippen MR) is 73.3 cm³/mol. The van der Waals surface area contributed by atoms with Crippen LogP contribution < -0.4 is 5.32 Å². The van der Waals surface area contributed by atoms with Crippen LogP contribution in [0.5, 0.6) is 0 Å². The third kappa shape index (κ3) is 3.72. The van der Waals surface area contributed by atoms with E-state index in [-0.39, 0.29) is 0 Å². The van der Waals surface area contributed by atoms with Crippen molar-refractivity contribution in [1.29, 1.82) is 0 Å². The van der Waals surface area contributed by atoms with Gasteiger partial charge < -0.3 is 5.32 Å². The van der Waals surface area contributed by atoms with Gasteiger partial charge in [0.15, 0.2) is 0 Å². The summed E-state index contributed by atoms with van der Waals surface area (Å²) in [4.78, 5) is 4.24. The van der Waals surface area contributed by atoms with E-state index in [0.717, 1.165) is 0 Å². The molecule has 0 spiro atoms. The Kier molecular flexibility index (Phi) is 3.70. The molecular weight excluding hydrogens is 208 g/mol. The highest BCUT2D eigenvalue weighted by molar-refractivity contribution is 5.43. The summed E-state index contributed by atoms with van der Waals surface area (Å²) in [6.45, 7) is 6.88. The van der Waals surface area contributed by atoms with Crippen molar-refractivity contribution in [1.82, 2.24) is 4.98 Å². The van der Waals surface area contributed by atoms with Gasteiger partial charge in [0.05, 0.1) is 5.69 Å². The molecule has 1 aromatic rings. The van der Waals surface area contributed by atoms with E-state index in [0.29, 0.717) is 11.5 Å². The molecule has 0 aliphatic heterocycles. The smallest absolute Gasteiger partial charge is 0.0531 e. The van der Waals surface area contributed by atoms with E-state index in [1.165, 1.54) is 43.4 Å². The summed E-state index contributed by atoms with van der Waals surface area (Å²) >= 11 is 0. The Morgan fingerprint density at radius 1 is 1.24 bits per heavy atom. The first kappa shape index (κ1) is 12.4. The van der Waals surface area contributed by atoms with Gasteiger partial charge in [-0.25, -0.2) is 0 Å². The second-order valence-corrected chi connectivity index (χ2v) is 6.19. The summed E-state index contributed by atoms with van der Waals surface area (Å²) in [6, 6.07) is 2.81. The van der Waals surface area contributed by atoms with E-state index in [4.69, 9.17) is 0 Å². The van der Waals surface area contributed by atoms with Gasteiger partial charge in [-0.05, 0) is 49.7 Å². The molecule has 1 aliphatic carbocycles. The molecule has 2 rings (SSSR count). The summed E-state index contributed by atoms with van der Waals surface area (Å²) in [7, 11) is 0. The summed E-state index contributed by atoms with van der Waals surface area (Å²) in [5.41, 5.74) is 2.93. The molecule has 1 aliphatic rings. The third-order valence-electron chi connectivity index (χ3n) is 3.82. The monoisotopic (exact) mass is 232 g/mol. The number of aryl methyl sites for hydroxylation is 1. The van der Waals surface area contributed by atoms with Crippen molar-refractivity contribution in [3.05, 3.63) is 24.0 Å². The van der Waals surface area contributed by atoms with Crippen LogP contribution in [0.3, 0.4) is 0 Å². The highest BCUT2D eigenvalue weighted by atomic mass is 14.9. The number of nitrogens with zero attached hydrogens (tertiary/aromatic N) is 1. The molecule has 0 saturated heterocycles. The van der Waals surface area contributed by atoms with Crippen LogP contribution in [-0.2, 0) is 0 Å². The van der Waals surface area contributed by atoms with Crippen molar-refractivity contribution < 1.29 is 0 Å². The van der Waals surface area contributed by atoms with Gasteiger partial charge in [-0.2, -0.15) is 0 Å². The minimum absolute atomic E-state index is 0.529. The lowest BCUT2D eigenvalue weighted by atomic mass is 9.85. The first-order chi connectivity index (χ1) is 8.05. The molecule has 94 valence electrons. The van der Waals surface area contributed by atoms with Crippen LogP contribution in [0.2, 0.25) is 0 Å². The zero-order valence-corrected chi connectivity index (χ0v) is 11.3. The van der Waals surface area contributed by atoms with Gasteiger partial charge in [0, 0.05) is 18.4 Å². The second kappa shape index (κ2) is 5.07. The fourth-order valence-electron chi connectivity index (χ4n) is 2.68. The van der Waals surface area contributed by atoms with E-state index in [1.54, 1.807) is 0 Å². The van der Waals surface area contributed by atoms with Crippen molar-refractivity contribution in [3.63, 3.8) is 0 Å². The molecule has 17 heavy (non-hydrogen) atoms. The standard InChI is InChI=1S/C15H24N2/c1-12-9-14(11-16-10-12)17-13-5-4-7-15(2,3)8-6-13/h9-11,13,17H,4-8H2,1-3H3. The van der Waals surface area contributed by atoms with Gasteiger partial charge >= 0.3 is 0 Å². The quantitative estimate of drug-likeness (QED) is 0.774. The fraction of sp³-hybridized carbons (Fsp3) is 0.667. The number of nitrogens with one attached hydrogen (secondary N) is 1. The molecule has 1 N–H and O–H groups in total. The first-order valence-electron chi connectivity index (χ1n) is 6.73. The van der Waals surface area contributed by atoms with Crippen molar-refractivity contribution in [2.24, 2.45) is 5.41 Å². The lowest BCUT2D eigenvalue weighted by Crippen LogP contribution is -2.19. The number of hydrogen-bond acceptors (Lipinski definition) is 2. The average Bonchev–Trinajstić information content (AvgIpc) is 2.41. The highest BCUT2D eigenvalue weighted by Crippen LogP contribution is 2.34. The van der Waals surface area contributed by atoms with Crippen LogP contribution in [0.1, 0.15) is 51.5 Å². The summed E-state index contributed by atoms with van der Waals surface area (Å²) < 4.78 is 0. The third-order valence-corrected chi connectivity index (χ3v) is 3.82. The first-order valence-corrected chi connectivity index (χ1v) is 6.73. The Hall–Kier alpha value is -1.05. The van der Waals surface area contributed by atoms with Crippen molar-refractivity contribution in [3.8, 4) is 0 Å². The van der Waals surface area contributed by atoms with Crippen LogP contribution in [0, 0.1) is 12.3 Å². The lowest BCUT2D eigenvalue weighted by molar-refractivity contribution is 0.313. The maximum absolute atomic E-state index is 4.24. The van der Waals surface area contributed by atoms with Crippen LogP contribution in [-0.4, -0.2) is 11.0 Å². The molecule has 1 aromatic heterocycles. The molecule has 1 atom stereocenters. The van der Waals surface area contributed by atoms with Crippen LogP contribution in [0.25, 0.3) is 0 Å². The van der Waals surface area contributed by atoms with Gasteiger partial charge in [-0.3, -0.25) is 4.98 Å². The Bertz CT molecular complexity index is 371. The Labute approximate surface area is 105 Å². The number of anilines is 1. The van der Waals surface area contributed by atoms with Gasteiger partial charge in [0.2, 0.25) is 0 Å². The van der Waals surface area contributed by atoms with E-state index in [1.807, 2.05) is 12.4 Å². The Morgan fingerprint density at radius 3 is 2.82 bits per heavy atom. The zero-order chi connectivity index (χ0) is 12.3. The van der Waals surface area contributed by atoms with Crippen LogP contribution in [0.15, 0.2) is 18.5 Å². The largest absolute Gasteiger partial charge is 0.381 e. The normalized spacial score (nSPS) is 24.1. The minimum Gasteiger partial charge on any atom is -0.381 e. The number of pyridine rings is 1. The molecule has 2 heteroatoms. The summed E-state index contributed by atoms with van der Waals surface area (Å²) in [5, 5.41) is 3.64. The van der Waals surface area contributed by atoms with Gasteiger partial charge in [-0.15, -0.1) is 0 Å². The Morgan fingerprint density at radius 2 is 2.06 bits per heavy atom. The molecule has 1 heterocycles. The molecule has 1 unspecified atom stereocenters. The number of hydrogen-bond donors (Lipinski definition) is 1. The van der Waals surface area contributed by atoms with Crippen molar-refractivity contribution >= 4 is 5.69 Å². The van der Waals surface area contributed by atoms with E-state index in [2.05, 4.69) is 37.1 Å². The molecule has 2 nitrogen and oxygen atoms in total. The van der Waals surface area contributed by atoms with Gasteiger partial charge in [0.1, 0.15) is 0 Å².